The molecule has 8 nitrogen and oxygen atoms in total. The summed E-state index contributed by atoms with van der Waals surface area (Å²) in [5.74, 6) is -0.0403. The van der Waals surface area contributed by atoms with E-state index < -0.39 is 0 Å². The molecular weight excluding hydrogens is 418 g/mol. The van der Waals surface area contributed by atoms with Crippen LogP contribution in [0.25, 0.3) is 0 Å². The topological polar surface area (TPSA) is 79.7 Å². The number of benzene rings is 1. The molecule has 1 aromatic heterocycles. The summed E-state index contributed by atoms with van der Waals surface area (Å²) >= 11 is 0. The van der Waals surface area contributed by atoms with Crippen LogP contribution in [0.5, 0.6) is 0 Å². The third-order valence-electron chi connectivity index (χ3n) is 6.62. The molecule has 178 valence electrons. The molecule has 1 aromatic carbocycles. The number of fused-ring (bicyclic) bond motifs is 1. The third kappa shape index (κ3) is 5.38. The standard InChI is InChI=1S/C25H35N5O3/c1-4-33-25(32)29-14-12-19(13-15-29)26-20-10-11-22-21(16-20)23(24(31)28(2)3)27-30(22)17-18-8-6-5-7-9-18/h5-9,19-20,26H,4,10-17H2,1-3H3. The number of hydrogen-bond acceptors (Lipinski definition) is 5. The Morgan fingerprint density at radius 1 is 1.12 bits per heavy atom. The average Bonchev–Trinajstić information content (AvgIpc) is 3.17. The summed E-state index contributed by atoms with van der Waals surface area (Å²) in [7, 11) is 3.56. The van der Waals surface area contributed by atoms with Crippen LogP contribution < -0.4 is 5.32 Å². The molecule has 1 N–H and O–H groups in total. The van der Waals surface area contributed by atoms with E-state index in [2.05, 4.69) is 17.4 Å². The molecule has 1 unspecified atom stereocenters. The van der Waals surface area contributed by atoms with E-state index in [1.54, 1.807) is 23.9 Å². The zero-order valence-corrected chi connectivity index (χ0v) is 19.9. The second-order valence-corrected chi connectivity index (χ2v) is 9.18. The van der Waals surface area contributed by atoms with Gasteiger partial charge >= 0.3 is 6.09 Å². The predicted molar refractivity (Wildman–Crippen MR) is 126 cm³/mol. The van der Waals surface area contributed by atoms with Crippen LogP contribution in [0.4, 0.5) is 4.79 Å². The molecule has 0 spiro atoms. The fraction of sp³-hybridized carbons (Fsp3) is 0.560. The van der Waals surface area contributed by atoms with Crippen LogP contribution in [0.1, 0.15) is 53.5 Å². The molecule has 1 aliphatic heterocycles. The van der Waals surface area contributed by atoms with Gasteiger partial charge in [-0.1, -0.05) is 30.3 Å². The molecule has 1 saturated heterocycles. The van der Waals surface area contributed by atoms with Gasteiger partial charge in [0.05, 0.1) is 13.2 Å². The lowest BCUT2D eigenvalue weighted by Gasteiger charge is -2.35. The van der Waals surface area contributed by atoms with Crippen molar-refractivity contribution in [2.24, 2.45) is 0 Å². The van der Waals surface area contributed by atoms with E-state index in [0.717, 1.165) is 37.7 Å². The first-order valence-electron chi connectivity index (χ1n) is 12.0. The minimum atomic E-state index is -0.212. The number of likely N-dealkylation sites (tertiary alicyclic amines) is 1. The molecule has 1 atom stereocenters. The van der Waals surface area contributed by atoms with E-state index in [4.69, 9.17) is 9.84 Å². The van der Waals surface area contributed by atoms with Crippen molar-refractivity contribution >= 4 is 12.0 Å². The molecule has 33 heavy (non-hydrogen) atoms. The number of rotatable bonds is 6. The largest absolute Gasteiger partial charge is 0.450 e. The van der Waals surface area contributed by atoms with Crippen molar-refractivity contribution in [1.82, 2.24) is 24.9 Å². The van der Waals surface area contributed by atoms with Crippen LogP contribution in [0.15, 0.2) is 30.3 Å². The van der Waals surface area contributed by atoms with Crippen LogP contribution in [0.2, 0.25) is 0 Å². The van der Waals surface area contributed by atoms with Crippen molar-refractivity contribution in [1.29, 1.82) is 0 Å². The number of nitrogens with zero attached hydrogens (tertiary/aromatic N) is 4. The highest BCUT2D eigenvalue weighted by atomic mass is 16.6. The Bertz CT molecular complexity index is 964. The van der Waals surface area contributed by atoms with Crippen molar-refractivity contribution in [2.45, 2.75) is 57.7 Å². The molecular formula is C25H35N5O3. The summed E-state index contributed by atoms with van der Waals surface area (Å²) in [6.07, 6.45) is 4.33. The monoisotopic (exact) mass is 453 g/mol. The second kappa shape index (κ2) is 10.4. The minimum Gasteiger partial charge on any atom is -0.450 e. The van der Waals surface area contributed by atoms with Gasteiger partial charge in [0.2, 0.25) is 0 Å². The maximum atomic E-state index is 12.9. The van der Waals surface area contributed by atoms with Crippen LogP contribution in [-0.2, 0) is 24.1 Å². The van der Waals surface area contributed by atoms with E-state index in [-0.39, 0.29) is 12.0 Å². The summed E-state index contributed by atoms with van der Waals surface area (Å²) in [6, 6.07) is 10.9. The number of amides is 2. The van der Waals surface area contributed by atoms with Gasteiger partial charge in [-0.3, -0.25) is 9.48 Å². The summed E-state index contributed by atoms with van der Waals surface area (Å²) in [6.45, 7) is 4.35. The van der Waals surface area contributed by atoms with E-state index in [0.29, 0.717) is 44.0 Å². The van der Waals surface area contributed by atoms with Crippen LogP contribution in [0, 0.1) is 0 Å². The summed E-state index contributed by atoms with van der Waals surface area (Å²) in [5.41, 5.74) is 4.02. The van der Waals surface area contributed by atoms with Gasteiger partial charge in [-0.2, -0.15) is 5.10 Å². The van der Waals surface area contributed by atoms with Crippen LogP contribution in [-0.4, -0.2) is 77.5 Å². The molecule has 2 aliphatic rings. The SMILES string of the molecule is CCOC(=O)N1CCC(NC2CCc3c(c(C(=O)N(C)C)nn3Cc3ccccc3)C2)CC1. The first-order valence-corrected chi connectivity index (χ1v) is 12.0. The molecule has 0 bridgehead atoms. The summed E-state index contributed by atoms with van der Waals surface area (Å²) in [5, 5.41) is 8.58. The number of nitrogens with one attached hydrogen (secondary N) is 1. The first kappa shape index (κ1) is 23.3. The Labute approximate surface area is 195 Å². The Morgan fingerprint density at radius 2 is 1.85 bits per heavy atom. The van der Waals surface area contributed by atoms with Crippen molar-refractivity contribution in [3.8, 4) is 0 Å². The molecule has 8 heteroatoms. The fourth-order valence-electron chi connectivity index (χ4n) is 4.88. The average molecular weight is 454 g/mol. The van der Waals surface area contributed by atoms with Gasteiger partial charge in [-0.25, -0.2) is 4.79 Å². The molecule has 1 aliphatic carbocycles. The van der Waals surface area contributed by atoms with Gasteiger partial charge in [0.25, 0.3) is 5.91 Å². The molecule has 0 saturated carbocycles. The van der Waals surface area contributed by atoms with Gasteiger partial charge < -0.3 is 19.9 Å². The number of ether oxygens (including phenoxy) is 1. The molecule has 0 radical (unpaired) electrons. The quantitative estimate of drug-likeness (QED) is 0.728. The van der Waals surface area contributed by atoms with Gasteiger partial charge in [0.15, 0.2) is 5.69 Å². The lowest BCUT2D eigenvalue weighted by atomic mass is 9.89. The molecule has 2 amide bonds. The maximum absolute atomic E-state index is 12.9. The van der Waals surface area contributed by atoms with E-state index in [9.17, 15) is 9.59 Å². The van der Waals surface area contributed by atoms with Crippen molar-refractivity contribution in [3.05, 3.63) is 52.8 Å². The fourth-order valence-corrected chi connectivity index (χ4v) is 4.88. The predicted octanol–water partition coefficient (Wildman–Crippen LogP) is 2.70. The zero-order valence-electron chi connectivity index (χ0n) is 19.9. The molecule has 2 heterocycles. The van der Waals surface area contributed by atoms with Crippen LogP contribution in [0.3, 0.4) is 0 Å². The van der Waals surface area contributed by atoms with Crippen molar-refractivity contribution < 1.29 is 14.3 Å². The Hall–Kier alpha value is -2.87. The normalized spacial score (nSPS) is 18.6. The van der Waals surface area contributed by atoms with Crippen LogP contribution >= 0.6 is 0 Å². The highest BCUT2D eigenvalue weighted by molar-refractivity contribution is 5.93. The van der Waals surface area contributed by atoms with E-state index >= 15 is 0 Å². The van der Waals surface area contributed by atoms with Gasteiger partial charge in [-0.05, 0) is 44.6 Å². The number of piperidine rings is 1. The van der Waals surface area contributed by atoms with E-state index in [1.165, 1.54) is 11.3 Å². The number of carbonyl (C=O) groups excluding carboxylic acids is 2. The summed E-state index contributed by atoms with van der Waals surface area (Å²) < 4.78 is 7.15. The third-order valence-corrected chi connectivity index (χ3v) is 6.62. The lowest BCUT2D eigenvalue weighted by molar-refractivity contribution is 0.0819. The minimum absolute atomic E-state index is 0.0403. The Morgan fingerprint density at radius 3 is 2.52 bits per heavy atom. The smallest absolute Gasteiger partial charge is 0.409 e. The van der Waals surface area contributed by atoms with Gasteiger partial charge in [0, 0.05) is 50.5 Å². The molecule has 1 fully saturated rings. The van der Waals surface area contributed by atoms with Gasteiger partial charge in [-0.15, -0.1) is 0 Å². The maximum Gasteiger partial charge on any atom is 0.409 e. The highest BCUT2D eigenvalue weighted by Crippen LogP contribution is 2.27. The van der Waals surface area contributed by atoms with E-state index in [1.807, 2.05) is 29.8 Å². The molecule has 4 rings (SSSR count). The number of hydrogen-bond donors (Lipinski definition) is 1. The Balaban J connectivity index is 1.45. The lowest BCUT2D eigenvalue weighted by Crippen LogP contribution is -2.49. The Kier molecular flexibility index (Phi) is 7.33. The number of aromatic nitrogens is 2. The molecule has 2 aromatic rings. The summed E-state index contributed by atoms with van der Waals surface area (Å²) in [4.78, 5) is 28.3. The van der Waals surface area contributed by atoms with Gasteiger partial charge in [0.1, 0.15) is 0 Å². The highest BCUT2D eigenvalue weighted by Gasteiger charge is 2.32. The first-order chi connectivity index (χ1) is 16.0. The van der Waals surface area contributed by atoms with Crippen molar-refractivity contribution in [3.63, 3.8) is 0 Å². The second-order valence-electron chi connectivity index (χ2n) is 9.18. The number of carbonyl (C=O) groups is 2. The zero-order chi connectivity index (χ0) is 23.4. The van der Waals surface area contributed by atoms with Crippen molar-refractivity contribution in [2.75, 3.05) is 33.8 Å².